The molecule has 1 unspecified atom stereocenters. The molecule has 8 nitrogen and oxygen atoms in total. The zero-order valence-corrected chi connectivity index (χ0v) is 25.7. The van der Waals surface area contributed by atoms with Gasteiger partial charge < -0.3 is 25.5 Å². The first-order chi connectivity index (χ1) is 19.6. The third-order valence-electron chi connectivity index (χ3n) is 7.85. The highest BCUT2D eigenvalue weighted by molar-refractivity contribution is 9.09. The molecule has 220 valence electrons. The Morgan fingerprint density at radius 3 is 2.60 bits per heavy atom. The van der Waals surface area contributed by atoms with Crippen LogP contribution in [0.15, 0.2) is 52.8 Å². The molecule has 1 aromatic rings. The summed E-state index contributed by atoms with van der Waals surface area (Å²) in [6.07, 6.45) is 12.4. The summed E-state index contributed by atoms with van der Waals surface area (Å²) in [4.78, 5) is 18.3. The Labute approximate surface area is 248 Å². The highest BCUT2D eigenvalue weighted by Gasteiger charge is 2.37. The number of hydrogen-bond donors (Lipinski definition) is 3. The zero-order valence-electron chi connectivity index (χ0n) is 24.1. The fourth-order valence-corrected chi connectivity index (χ4v) is 5.63. The zero-order chi connectivity index (χ0) is 28.2. The summed E-state index contributed by atoms with van der Waals surface area (Å²) in [6, 6.07) is 8.37. The summed E-state index contributed by atoms with van der Waals surface area (Å²) < 4.78 is 11.3. The largest absolute Gasteiger partial charge is 0.382 e. The van der Waals surface area contributed by atoms with E-state index in [1.165, 1.54) is 5.56 Å². The van der Waals surface area contributed by atoms with E-state index in [1.54, 1.807) is 0 Å². The topological polar surface area (TPSA) is 87.2 Å². The Kier molecular flexibility index (Phi) is 11.9. The summed E-state index contributed by atoms with van der Waals surface area (Å²) in [5.74, 6) is 0.867. The molecular weight excluding hydrogens is 570 g/mol. The molecule has 0 bridgehead atoms. The fourth-order valence-electron chi connectivity index (χ4n) is 5.23. The van der Waals surface area contributed by atoms with Crippen molar-refractivity contribution in [1.82, 2.24) is 21.1 Å². The van der Waals surface area contributed by atoms with Gasteiger partial charge in [-0.15, -0.1) is 0 Å². The predicted octanol–water partition coefficient (Wildman–Crippen LogP) is 4.87. The molecule has 3 heterocycles. The van der Waals surface area contributed by atoms with Crippen LogP contribution in [-0.4, -0.2) is 73.2 Å². The maximum atomic E-state index is 13.1. The minimum Gasteiger partial charge on any atom is -0.382 e. The first kappa shape index (κ1) is 30.6. The monoisotopic (exact) mass is 615 g/mol. The van der Waals surface area contributed by atoms with Crippen molar-refractivity contribution < 1.29 is 14.3 Å². The SMILES string of the molecule is CCN1NC=C2C(NC3CCOCC3)=CC(CC)(CNC(=O)c3ccc(CCCCOCCCCBr)cc3)N=C21. The van der Waals surface area contributed by atoms with Crippen molar-refractivity contribution in [3.05, 3.63) is 58.9 Å². The van der Waals surface area contributed by atoms with Crippen LogP contribution in [0.5, 0.6) is 0 Å². The standard InChI is InChI=1S/C31H46BrN5O3/c1-3-31(21-28(35-26-14-19-40-20-15-26)27-22-34-37(4-2)29(27)36-31)23-33-30(38)25-12-10-24(11-13-25)9-5-7-17-39-18-8-6-16-32/h10-13,21-22,26,34-35H,3-9,14-20,23H2,1-2H3,(H,33,38). The number of alkyl halides is 1. The molecule has 1 fully saturated rings. The number of amidine groups is 1. The van der Waals surface area contributed by atoms with Crippen LogP contribution in [0, 0.1) is 0 Å². The lowest BCUT2D eigenvalue weighted by Gasteiger charge is -2.35. The Bertz CT molecular complexity index is 1050. The minimum absolute atomic E-state index is 0.0676. The second-order valence-corrected chi connectivity index (χ2v) is 11.6. The van der Waals surface area contributed by atoms with Crippen molar-refractivity contribution in [2.75, 3.05) is 44.8 Å². The van der Waals surface area contributed by atoms with Crippen LogP contribution in [0.25, 0.3) is 0 Å². The number of amides is 1. The average Bonchev–Trinajstić information content (AvgIpc) is 3.41. The number of likely N-dealkylation sites (N-methyl/N-ethyl adjacent to an activating group) is 1. The average molecular weight is 617 g/mol. The molecule has 1 atom stereocenters. The van der Waals surface area contributed by atoms with Crippen LogP contribution in [-0.2, 0) is 15.9 Å². The summed E-state index contributed by atoms with van der Waals surface area (Å²) >= 11 is 3.45. The minimum atomic E-state index is -0.522. The number of hydrogen-bond acceptors (Lipinski definition) is 7. The highest BCUT2D eigenvalue weighted by atomic mass is 79.9. The molecular formula is C31H46BrN5O3. The highest BCUT2D eigenvalue weighted by Crippen LogP contribution is 2.31. The lowest BCUT2D eigenvalue weighted by Crippen LogP contribution is -2.47. The van der Waals surface area contributed by atoms with Gasteiger partial charge in [-0.1, -0.05) is 35.0 Å². The first-order valence-corrected chi connectivity index (χ1v) is 16.1. The molecule has 0 saturated carbocycles. The van der Waals surface area contributed by atoms with Crippen molar-refractivity contribution in [2.24, 2.45) is 4.99 Å². The van der Waals surface area contributed by atoms with Crippen molar-refractivity contribution >= 4 is 27.7 Å². The van der Waals surface area contributed by atoms with Gasteiger partial charge in [-0.05, 0) is 82.1 Å². The van der Waals surface area contributed by atoms with Gasteiger partial charge in [0.1, 0.15) is 5.54 Å². The van der Waals surface area contributed by atoms with Gasteiger partial charge in [-0.3, -0.25) is 14.8 Å². The van der Waals surface area contributed by atoms with Gasteiger partial charge in [-0.25, -0.2) is 0 Å². The molecule has 40 heavy (non-hydrogen) atoms. The molecule has 3 N–H and O–H groups in total. The second kappa shape index (κ2) is 15.6. The number of ether oxygens (including phenoxy) is 2. The van der Waals surface area contributed by atoms with E-state index in [4.69, 9.17) is 14.5 Å². The van der Waals surface area contributed by atoms with Crippen LogP contribution in [0.3, 0.4) is 0 Å². The van der Waals surface area contributed by atoms with Crippen molar-refractivity contribution in [1.29, 1.82) is 0 Å². The number of nitrogens with one attached hydrogen (secondary N) is 3. The number of benzene rings is 1. The van der Waals surface area contributed by atoms with E-state index < -0.39 is 5.54 Å². The number of rotatable bonds is 16. The third kappa shape index (κ3) is 8.33. The Hall–Kier alpha value is -2.36. The maximum absolute atomic E-state index is 13.1. The van der Waals surface area contributed by atoms with E-state index in [0.29, 0.717) is 18.2 Å². The summed E-state index contributed by atoms with van der Waals surface area (Å²) in [5, 5.41) is 10.1. The van der Waals surface area contributed by atoms with Gasteiger partial charge in [0.15, 0.2) is 5.84 Å². The van der Waals surface area contributed by atoms with Crippen LogP contribution >= 0.6 is 15.9 Å². The number of dihydropyridines is 1. The second-order valence-electron chi connectivity index (χ2n) is 10.8. The molecule has 0 aliphatic carbocycles. The number of carbonyl (C=O) groups is 1. The van der Waals surface area contributed by atoms with Gasteiger partial charge in [0, 0.05) is 68.3 Å². The summed E-state index contributed by atoms with van der Waals surface area (Å²) in [5.41, 5.74) is 6.92. The molecule has 0 aromatic heterocycles. The lowest BCUT2D eigenvalue weighted by atomic mass is 9.89. The Morgan fingerprint density at radius 1 is 1.15 bits per heavy atom. The molecule has 1 amide bonds. The van der Waals surface area contributed by atoms with E-state index in [9.17, 15) is 4.79 Å². The molecule has 0 spiro atoms. The molecule has 3 aliphatic rings. The molecule has 4 rings (SSSR count). The number of halogens is 1. The van der Waals surface area contributed by atoms with E-state index >= 15 is 0 Å². The van der Waals surface area contributed by atoms with E-state index in [2.05, 4.69) is 69.1 Å². The number of hydrazine groups is 1. The van der Waals surface area contributed by atoms with E-state index in [-0.39, 0.29) is 5.91 Å². The van der Waals surface area contributed by atoms with Gasteiger partial charge in [0.05, 0.1) is 5.57 Å². The van der Waals surface area contributed by atoms with Crippen molar-refractivity contribution in [3.63, 3.8) is 0 Å². The van der Waals surface area contributed by atoms with Gasteiger partial charge in [-0.2, -0.15) is 0 Å². The number of fused-ring (bicyclic) bond motifs is 1. The predicted molar refractivity (Wildman–Crippen MR) is 165 cm³/mol. The number of nitrogens with zero attached hydrogens (tertiary/aromatic N) is 2. The molecule has 1 saturated heterocycles. The molecule has 0 radical (unpaired) electrons. The van der Waals surface area contributed by atoms with Gasteiger partial charge >= 0.3 is 0 Å². The van der Waals surface area contributed by atoms with Crippen molar-refractivity contribution in [3.8, 4) is 0 Å². The number of aliphatic imine (C=N–C) groups is 1. The Balaban J connectivity index is 1.33. The first-order valence-electron chi connectivity index (χ1n) is 15.0. The van der Waals surface area contributed by atoms with Gasteiger partial charge in [0.25, 0.3) is 5.91 Å². The summed E-state index contributed by atoms with van der Waals surface area (Å²) in [6.45, 7) is 8.70. The fraction of sp³-hybridized carbons (Fsp3) is 0.613. The molecule has 3 aliphatic heterocycles. The lowest BCUT2D eigenvalue weighted by molar-refractivity contribution is 0.0804. The van der Waals surface area contributed by atoms with Crippen LogP contribution in [0.4, 0.5) is 0 Å². The molecule has 9 heteroatoms. The van der Waals surface area contributed by atoms with Crippen molar-refractivity contribution in [2.45, 2.75) is 76.8 Å². The quantitative estimate of drug-likeness (QED) is 0.182. The molecule has 1 aromatic carbocycles. The number of unbranched alkanes of at least 4 members (excludes halogenated alkanes) is 2. The number of aryl methyl sites for hydroxylation is 1. The van der Waals surface area contributed by atoms with E-state index in [0.717, 1.165) is 107 Å². The van der Waals surface area contributed by atoms with Gasteiger partial charge in [0.2, 0.25) is 0 Å². The Morgan fingerprint density at radius 2 is 1.90 bits per heavy atom. The summed E-state index contributed by atoms with van der Waals surface area (Å²) in [7, 11) is 0. The normalized spacial score (nSPS) is 20.8. The van der Waals surface area contributed by atoms with E-state index in [1.807, 2.05) is 18.3 Å². The smallest absolute Gasteiger partial charge is 0.251 e. The van der Waals surface area contributed by atoms with Crippen LogP contribution < -0.4 is 16.1 Å². The van der Waals surface area contributed by atoms with Crippen LogP contribution in [0.1, 0.15) is 74.7 Å². The van der Waals surface area contributed by atoms with Crippen LogP contribution in [0.2, 0.25) is 0 Å². The number of carbonyl (C=O) groups excluding carboxylic acids is 1. The maximum Gasteiger partial charge on any atom is 0.251 e. The third-order valence-corrected chi connectivity index (χ3v) is 8.41.